The van der Waals surface area contributed by atoms with Gasteiger partial charge >= 0.3 is 0 Å². The molecular weight excluding hydrogens is 234 g/mol. The van der Waals surface area contributed by atoms with Gasteiger partial charge in [0, 0.05) is 12.7 Å². The molecule has 0 bridgehead atoms. The van der Waals surface area contributed by atoms with Gasteiger partial charge in [0.05, 0.1) is 24.6 Å². The SMILES string of the molecule is Cc1ccc(N(C)Cc2cnc(Cl)cn2)cc1. The third-order valence-corrected chi connectivity index (χ3v) is 2.74. The van der Waals surface area contributed by atoms with Crippen molar-refractivity contribution in [1.29, 1.82) is 0 Å². The van der Waals surface area contributed by atoms with Crippen molar-refractivity contribution in [2.75, 3.05) is 11.9 Å². The number of nitrogens with zero attached hydrogens (tertiary/aromatic N) is 3. The Morgan fingerprint density at radius 3 is 2.41 bits per heavy atom. The molecule has 0 saturated carbocycles. The van der Waals surface area contributed by atoms with Crippen molar-refractivity contribution in [2.45, 2.75) is 13.5 Å². The molecule has 1 heterocycles. The Morgan fingerprint density at radius 1 is 1.12 bits per heavy atom. The number of hydrogen-bond acceptors (Lipinski definition) is 3. The van der Waals surface area contributed by atoms with Crippen molar-refractivity contribution in [3.05, 3.63) is 53.1 Å². The minimum absolute atomic E-state index is 0.423. The molecule has 0 aliphatic heterocycles. The summed E-state index contributed by atoms with van der Waals surface area (Å²) in [4.78, 5) is 10.4. The Bertz CT molecular complexity index is 479. The number of aromatic nitrogens is 2. The molecule has 0 saturated heterocycles. The van der Waals surface area contributed by atoms with Crippen molar-refractivity contribution < 1.29 is 0 Å². The summed E-state index contributed by atoms with van der Waals surface area (Å²) in [5.74, 6) is 0. The second kappa shape index (κ2) is 5.15. The maximum absolute atomic E-state index is 5.70. The van der Waals surface area contributed by atoms with Crippen LogP contribution in [0.5, 0.6) is 0 Å². The molecule has 2 aromatic rings. The van der Waals surface area contributed by atoms with E-state index in [9.17, 15) is 0 Å². The maximum Gasteiger partial charge on any atom is 0.147 e. The molecule has 1 aromatic heterocycles. The molecule has 0 N–H and O–H groups in total. The summed E-state index contributed by atoms with van der Waals surface area (Å²) in [7, 11) is 2.03. The van der Waals surface area contributed by atoms with Gasteiger partial charge in [-0.05, 0) is 19.1 Å². The molecule has 4 heteroatoms. The highest BCUT2D eigenvalue weighted by Gasteiger charge is 2.03. The zero-order valence-corrected chi connectivity index (χ0v) is 10.6. The van der Waals surface area contributed by atoms with Crippen molar-refractivity contribution in [3.63, 3.8) is 0 Å². The van der Waals surface area contributed by atoms with Crippen LogP contribution in [0.3, 0.4) is 0 Å². The van der Waals surface area contributed by atoms with E-state index in [1.165, 1.54) is 5.56 Å². The number of benzene rings is 1. The lowest BCUT2D eigenvalue weighted by atomic mass is 10.2. The Hall–Kier alpha value is -1.61. The first kappa shape index (κ1) is 11.9. The molecule has 0 atom stereocenters. The predicted molar refractivity (Wildman–Crippen MR) is 70.3 cm³/mol. The quantitative estimate of drug-likeness (QED) is 0.835. The van der Waals surface area contributed by atoms with Gasteiger partial charge in [0.25, 0.3) is 0 Å². The molecule has 1 aromatic carbocycles. The van der Waals surface area contributed by atoms with E-state index in [2.05, 4.69) is 46.1 Å². The van der Waals surface area contributed by atoms with E-state index in [0.29, 0.717) is 11.7 Å². The summed E-state index contributed by atoms with van der Waals surface area (Å²) in [5, 5.41) is 0.423. The molecule has 0 radical (unpaired) electrons. The standard InChI is InChI=1S/C13H14ClN3/c1-10-3-5-12(6-4-10)17(2)9-11-7-16-13(14)8-15-11/h3-8H,9H2,1-2H3. The van der Waals surface area contributed by atoms with Gasteiger partial charge in [0.15, 0.2) is 0 Å². The van der Waals surface area contributed by atoms with Crippen molar-refractivity contribution in [3.8, 4) is 0 Å². The van der Waals surface area contributed by atoms with Gasteiger partial charge in [0.2, 0.25) is 0 Å². The molecule has 3 nitrogen and oxygen atoms in total. The second-order valence-corrected chi connectivity index (χ2v) is 4.41. The van der Waals surface area contributed by atoms with E-state index in [1.54, 1.807) is 12.4 Å². The average molecular weight is 248 g/mol. The third-order valence-electron chi connectivity index (χ3n) is 2.55. The van der Waals surface area contributed by atoms with Crippen LogP contribution in [0, 0.1) is 6.92 Å². The van der Waals surface area contributed by atoms with Gasteiger partial charge < -0.3 is 4.90 Å². The normalized spacial score (nSPS) is 10.3. The number of rotatable bonds is 3. The molecule has 0 aliphatic carbocycles. The van der Waals surface area contributed by atoms with Crippen LogP contribution >= 0.6 is 11.6 Å². The van der Waals surface area contributed by atoms with Gasteiger partial charge in [-0.25, -0.2) is 4.98 Å². The van der Waals surface area contributed by atoms with E-state index in [0.717, 1.165) is 11.4 Å². The fourth-order valence-electron chi connectivity index (χ4n) is 1.55. The second-order valence-electron chi connectivity index (χ2n) is 4.02. The van der Waals surface area contributed by atoms with Gasteiger partial charge in [-0.2, -0.15) is 0 Å². The lowest BCUT2D eigenvalue weighted by Gasteiger charge is -2.18. The molecule has 88 valence electrons. The molecule has 17 heavy (non-hydrogen) atoms. The molecular formula is C13H14ClN3. The van der Waals surface area contributed by atoms with Crippen molar-refractivity contribution in [1.82, 2.24) is 9.97 Å². The molecule has 0 spiro atoms. The van der Waals surface area contributed by atoms with Crippen LogP contribution in [-0.4, -0.2) is 17.0 Å². The highest BCUT2D eigenvalue weighted by Crippen LogP contribution is 2.15. The smallest absolute Gasteiger partial charge is 0.147 e. The maximum atomic E-state index is 5.70. The molecule has 0 fully saturated rings. The zero-order chi connectivity index (χ0) is 12.3. The van der Waals surface area contributed by atoms with Gasteiger partial charge in [-0.15, -0.1) is 0 Å². The first-order valence-corrected chi connectivity index (χ1v) is 5.77. The monoisotopic (exact) mass is 247 g/mol. The number of aryl methyl sites for hydroxylation is 1. The van der Waals surface area contributed by atoms with E-state index < -0.39 is 0 Å². The van der Waals surface area contributed by atoms with E-state index >= 15 is 0 Å². The fourth-order valence-corrected chi connectivity index (χ4v) is 1.65. The summed E-state index contributed by atoms with van der Waals surface area (Å²) in [5.41, 5.74) is 3.32. The summed E-state index contributed by atoms with van der Waals surface area (Å²) in [6.45, 7) is 2.79. The van der Waals surface area contributed by atoms with Crippen LogP contribution in [0.2, 0.25) is 5.15 Å². The lowest BCUT2D eigenvalue weighted by molar-refractivity contribution is 0.873. The first-order chi connectivity index (χ1) is 8.15. The third kappa shape index (κ3) is 3.17. The van der Waals surface area contributed by atoms with Gasteiger partial charge in [0.1, 0.15) is 5.15 Å². The Labute approximate surface area is 106 Å². The van der Waals surface area contributed by atoms with Crippen LogP contribution in [0.15, 0.2) is 36.7 Å². The van der Waals surface area contributed by atoms with Gasteiger partial charge in [-0.3, -0.25) is 4.98 Å². The predicted octanol–water partition coefficient (Wildman–Crippen LogP) is 3.07. The fraction of sp³-hybridized carbons (Fsp3) is 0.231. The highest BCUT2D eigenvalue weighted by molar-refractivity contribution is 6.29. The molecule has 0 amide bonds. The summed E-state index contributed by atoms with van der Waals surface area (Å²) < 4.78 is 0. The molecule has 0 aliphatic rings. The highest BCUT2D eigenvalue weighted by atomic mass is 35.5. The van der Waals surface area contributed by atoms with Gasteiger partial charge in [-0.1, -0.05) is 29.3 Å². The summed E-state index contributed by atoms with van der Waals surface area (Å²) in [6, 6.07) is 8.39. The lowest BCUT2D eigenvalue weighted by Crippen LogP contribution is -2.17. The minimum atomic E-state index is 0.423. The molecule has 2 rings (SSSR count). The number of hydrogen-bond donors (Lipinski definition) is 0. The summed E-state index contributed by atoms with van der Waals surface area (Å²) >= 11 is 5.70. The Morgan fingerprint density at radius 2 is 1.82 bits per heavy atom. The van der Waals surface area contributed by atoms with E-state index in [1.807, 2.05) is 7.05 Å². The van der Waals surface area contributed by atoms with Crippen molar-refractivity contribution >= 4 is 17.3 Å². The van der Waals surface area contributed by atoms with Crippen LogP contribution in [0.4, 0.5) is 5.69 Å². The van der Waals surface area contributed by atoms with Crippen LogP contribution in [0.1, 0.15) is 11.3 Å². The van der Waals surface area contributed by atoms with E-state index in [4.69, 9.17) is 11.6 Å². The zero-order valence-electron chi connectivity index (χ0n) is 9.89. The number of halogens is 1. The summed E-state index contributed by atoms with van der Waals surface area (Å²) in [6.07, 6.45) is 3.27. The van der Waals surface area contributed by atoms with Crippen LogP contribution in [0.25, 0.3) is 0 Å². The van der Waals surface area contributed by atoms with E-state index in [-0.39, 0.29) is 0 Å². The average Bonchev–Trinajstić information content (AvgIpc) is 2.33. The Kier molecular flexibility index (Phi) is 3.59. The topological polar surface area (TPSA) is 29.0 Å². The van der Waals surface area contributed by atoms with Crippen LogP contribution in [-0.2, 0) is 6.54 Å². The number of anilines is 1. The molecule has 0 unspecified atom stereocenters. The van der Waals surface area contributed by atoms with Crippen molar-refractivity contribution in [2.24, 2.45) is 0 Å². The first-order valence-electron chi connectivity index (χ1n) is 5.39. The van der Waals surface area contributed by atoms with Crippen LogP contribution < -0.4 is 4.90 Å². The Balaban J connectivity index is 2.08. The largest absolute Gasteiger partial charge is 0.369 e. The minimum Gasteiger partial charge on any atom is -0.369 e.